The molecule has 0 radical (unpaired) electrons. The van der Waals surface area contributed by atoms with Gasteiger partial charge in [-0.25, -0.2) is 9.97 Å². The number of thiophene rings is 1. The Hall–Kier alpha value is -1.22. The molecule has 2 aromatic rings. The smallest absolute Gasteiger partial charge is 0.127 e. The SMILES string of the molecule is C=C.CC.Cc1nc(C)c2ccsc2n1. The summed E-state index contributed by atoms with van der Waals surface area (Å²) in [5.41, 5.74) is 1.08. The summed E-state index contributed by atoms with van der Waals surface area (Å²) in [5.74, 6) is 0.859. The van der Waals surface area contributed by atoms with Crippen LogP contribution >= 0.6 is 11.3 Å². The molecule has 0 unspecified atom stereocenters. The third kappa shape index (κ3) is 3.44. The van der Waals surface area contributed by atoms with Crippen LogP contribution in [0.1, 0.15) is 25.4 Å². The molecule has 82 valence electrons. The minimum absolute atomic E-state index is 0.859. The van der Waals surface area contributed by atoms with Crippen molar-refractivity contribution in [3.63, 3.8) is 0 Å². The van der Waals surface area contributed by atoms with E-state index < -0.39 is 0 Å². The van der Waals surface area contributed by atoms with Crippen molar-refractivity contribution in [3.8, 4) is 0 Å². The maximum absolute atomic E-state index is 4.30. The normalized spacial score (nSPS) is 8.53. The lowest BCUT2D eigenvalue weighted by atomic mass is 10.3. The Morgan fingerprint density at radius 1 is 1.13 bits per heavy atom. The number of fused-ring (bicyclic) bond motifs is 1. The first-order valence-corrected chi connectivity index (χ1v) is 5.84. The van der Waals surface area contributed by atoms with Crippen molar-refractivity contribution < 1.29 is 0 Å². The van der Waals surface area contributed by atoms with Gasteiger partial charge in [0.25, 0.3) is 0 Å². The molecule has 0 spiro atoms. The van der Waals surface area contributed by atoms with Gasteiger partial charge in [0.2, 0.25) is 0 Å². The summed E-state index contributed by atoms with van der Waals surface area (Å²) in [5, 5.41) is 3.23. The van der Waals surface area contributed by atoms with Gasteiger partial charge in [0.05, 0.1) is 0 Å². The Morgan fingerprint density at radius 3 is 2.33 bits per heavy atom. The molecule has 0 aliphatic heterocycles. The van der Waals surface area contributed by atoms with Crippen molar-refractivity contribution in [1.82, 2.24) is 9.97 Å². The highest BCUT2D eigenvalue weighted by molar-refractivity contribution is 7.16. The zero-order valence-electron chi connectivity index (χ0n) is 9.87. The largest absolute Gasteiger partial charge is 0.238 e. The van der Waals surface area contributed by atoms with Crippen molar-refractivity contribution in [2.75, 3.05) is 0 Å². The van der Waals surface area contributed by atoms with E-state index in [0.29, 0.717) is 0 Å². The molecule has 0 aliphatic rings. The minimum atomic E-state index is 0.859. The molecule has 0 saturated carbocycles. The highest BCUT2D eigenvalue weighted by Crippen LogP contribution is 2.20. The van der Waals surface area contributed by atoms with Crippen molar-refractivity contribution in [2.24, 2.45) is 0 Å². The maximum Gasteiger partial charge on any atom is 0.127 e. The summed E-state index contributed by atoms with van der Waals surface area (Å²) >= 11 is 1.66. The van der Waals surface area contributed by atoms with Gasteiger partial charge in [-0.2, -0.15) is 0 Å². The number of aryl methyl sites for hydroxylation is 2. The molecule has 0 aliphatic carbocycles. The van der Waals surface area contributed by atoms with E-state index in [1.54, 1.807) is 11.3 Å². The Morgan fingerprint density at radius 2 is 1.73 bits per heavy atom. The molecule has 0 N–H and O–H groups in total. The fraction of sp³-hybridized carbons (Fsp3) is 0.333. The van der Waals surface area contributed by atoms with E-state index in [2.05, 4.69) is 29.2 Å². The lowest BCUT2D eigenvalue weighted by Gasteiger charge is -1.95. The van der Waals surface area contributed by atoms with Gasteiger partial charge in [-0.3, -0.25) is 0 Å². The van der Waals surface area contributed by atoms with Gasteiger partial charge in [-0.05, 0) is 25.3 Å². The number of aromatic nitrogens is 2. The van der Waals surface area contributed by atoms with Crippen LogP contribution in [0, 0.1) is 13.8 Å². The molecule has 2 nitrogen and oxygen atoms in total. The van der Waals surface area contributed by atoms with Gasteiger partial charge in [-0.15, -0.1) is 24.5 Å². The zero-order valence-corrected chi connectivity index (χ0v) is 10.7. The first kappa shape index (κ1) is 13.8. The second-order valence-corrected chi connectivity index (χ2v) is 3.39. The van der Waals surface area contributed by atoms with Crippen molar-refractivity contribution in [3.05, 3.63) is 36.1 Å². The van der Waals surface area contributed by atoms with Crippen LogP contribution in [-0.4, -0.2) is 9.97 Å². The summed E-state index contributed by atoms with van der Waals surface area (Å²) in [4.78, 5) is 9.67. The Bertz CT molecular complexity index is 407. The molecule has 15 heavy (non-hydrogen) atoms. The van der Waals surface area contributed by atoms with Crippen molar-refractivity contribution >= 4 is 21.6 Å². The third-order valence-corrected chi connectivity index (χ3v) is 2.43. The van der Waals surface area contributed by atoms with Gasteiger partial charge in [0.1, 0.15) is 10.7 Å². The average molecular weight is 222 g/mol. The maximum atomic E-state index is 4.30. The van der Waals surface area contributed by atoms with E-state index in [4.69, 9.17) is 0 Å². The lowest BCUT2D eigenvalue weighted by Crippen LogP contribution is -1.89. The molecule has 3 heteroatoms. The van der Waals surface area contributed by atoms with Crippen LogP contribution in [-0.2, 0) is 0 Å². The molecule has 2 rings (SSSR count). The second-order valence-electron chi connectivity index (χ2n) is 2.50. The molecular weight excluding hydrogens is 204 g/mol. The van der Waals surface area contributed by atoms with Gasteiger partial charge in [-0.1, -0.05) is 13.8 Å². The summed E-state index contributed by atoms with van der Waals surface area (Å²) in [6.07, 6.45) is 0. The van der Waals surface area contributed by atoms with Crippen LogP contribution in [0.2, 0.25) is 0 Å². The molecule has 0 bridgehead atoms. The van der Waals surface area contributed by atoms with E-state index in [9.17, 15) is 0 Å². The number of hydrogen-bond donors (Lipinski definition) is 0. The van der Waals surface area contributed by atoms with E-state index in [1.165, 1.54) is 5.39 Å². The van der Waals surface area contributed by atoms with Crippen molar-refractivity contribution in [2.45, 2.75) is 27.7 Å². The van der Waals surface area contributed by atoms with Crippen LogP contribution in [0.5, 0.6) is 0 Å². The monoisotopic (exact) mass is 222 g/mol. The highest BCUT2D eigenvalue weighted by atomic mass is 32.1. The van der Waals surface area contributed by atoms with E-state index >= 15 is 0 Å². The minimum Gasteiger partial charge on any atom is -0.238 e. The number of nitrogens with zero attached hydrogens (tertiary/aromatic N) is 2. The number of rotatable bonds is 0. The fourth-order valence-corrected chi connectivity index (χ4v) is 2.00. The molecule has 0 fully saturated rings. The first-order valence-electron chi connectivity index (χ1n) is 4.96. The molecule has 0 amide bonds. The fourth-order valence-electron chi connectivity index (χ4n) is 1.14. The van der Waals surface area contributed by atoms with E-state index in [-0.39, 0.29) is 0 Å². The summed E-state index contributed by atoms with van der Waals surface area (Å²) in [7, 11) is 0. The molecular formula is C12H18N2S. The van der Waals surface area contributed by atoms with Gasteiger partial charge in [0, 0.05) is 11.1 Å². The third-order valence-electron chi connectivity index (χ3n) is 1.63. The molecule has 0 atom stereocenters. The topological polar surface area (TPSA) is 25.8 Å². The van der Waals surface area contributed by atoms with Gasteiger partial charge in [0.15, 0.2) is 0 Å². The lowest BCUT2D eigenvalue weighted by molar-refractivity contribution is 1.06. The van der Waals surface area contributed by atoms with Crippen LogP contribution < -0.4 is 0 Å². The second kappa shape index (κ2) is 7.12. The number of hydrogen-bond acceptors (Lipinski definition) is 3. The summed E-state index contributed by atoms with van der Waals surface area (Å²) in [6, 6.07) is 2.06. The Balaban J connectivity index is 0.000000442. The van der Waals surface area contributed by atoms with E-state index in [0.717, 1.165) is 16.3 Å². The van der Waals surface area contributed by atoms with Gasteiger partial charge < -0.3 is 0 Å². The average Bonchev–Trinajstić information content (AvgIpc) is 2.72. The molecule has 0 aromatic carbocycles. The zero-order chi connectivity index (χ0) is 11.8. The highest BCUT2D eigenvalue weighted by Gasteiger charge is 2.00. The van der Waals surface area contributed by atoms with Crippen LogP contribution in [0.15, 0.2) is 24.6 Å². The van der Waals surface area contributed by atoms with Crippen LogP contribution in [0.25, 0.3) is 10.2 Å². The summed E-state index contributed by atoms with van der Waals surface area (Å²) in [6.45, 7) is 13.9. The molecule has 2 heterocycles. The Labute approximate surface area is 95.7 Å². The summed E-state index contributed by atoms with van der Waals surface area (Å²) < 4.78 is 0. The predicted octanol–water partition coefficient (Wildman–Crippen LogP) is 4.14. The standard InChI is InChI=1S/C8H8N2S.C2H6.C2H4/c1-5-7-3-4-11-8(7)10-6(2)9-5;2*1-2/h3-4H,1-2H3;1-2H3;1-2H2. The predicted molar refractivity (Wildman–Crippen MR) is 69.5 cm³/mol. The van der Waals surface area contributed by atoms with Crippen molar-refractivity contribution in [1.29, 1.82) is 0 Å². The first-order chi connectivity index (χ1) is 7.27. The van der Waals surface area contributed by atoms with Gasteiger partial charge >= 0.3 is 0 Å². The molecule has 0 saturated heterocycles. The quantitative estimate of drug-likeness (QED) is 0.626. The van der Waals surface area contributed by atoms with E-state index in [1.807, 2.05) is 33.1 Å². The molecule has 2 aromatic heterocycles. The van der Waals surface area contributed by atoms with Crippen LogP contribution in [0.4, 0.5) is 0 Å². The van der Waals surface area contributed by atoms with Crippen LogP contribution in [0.3, 0.4) is 0 Å². The Kier molecular flexibility index (Phi) is 6.54.